The van der Waals surface area contributed by atoms with E-state index in [9.17, 15) is 4.39 Å². The zero-order valence-electron chi connectivity index (χ0n) is 2.04. The van der Waals surface area contributed by atoms with Crippen molar-refractivity contribution in [1.82, 2.24) is 0 Å². The molecule has 0 aliphatic carbocycles. The molecule has 0 fully saturated rings. The summed E-state index contributed by atoms with van der Waals surface area (Å²) < 4.78 is 9.93. The van der Waals surface area contributed by atoms with Gasteiger partial charge in [0.15, 0.2) is 4.18 Å². The second kappa shape index (κ2) is 1.93. The first kappa shape index (κ1) is 4.66. The van der Waals surface area contributed by atoms with Gasteiger partial charge in [-0.25, -0.2) is 4.39 Å². The molecule has 1 radical (unpaired) electrons. The van der Waals surface area contributed by atoms with Crippen LogP contribution in [0.25, 0.3) is 0 Å². The Morgan fingerprint density at radius 3 is 2.00 bits per heavy atom. The third-order valence-corrected chi connectivity index (χ3v) is 0. The molecule has 0 N–H and O–H groups in total. The molecule has 1 unspecified atom stereocenters. The van der Waals surface area contributed by atoms with Crippen LogP contribution in [0.15, 0.2) is 0 Å². The Balaban J connectivity index is 2.32. The van der Waals surface area contributed by atoms with Gasteiger partial charge >= 0.3 is 0 Å². The highest BCUT2D eigenvalue weighted by atomic mass is 127. The van der Waals surface area contributed by atoms with E-state index in [0.29, 0.717) is 0 Å². The maximum Gasteiger partial charge on any atom is 0.151 e. The standard InChI is InChI=1S/C2H3FI/c1-2(3)4/h2H,1H2. The molecule has 0 rings (SSSR count). The highest BCUT2D eigenvalue weighted by molar-refractivity contribution is 14.1. The number of rotatable bonds is 0. The maximum atomic E-state index is 10.9. The minimum atomic E-state index is -0.947. The summed E-state index contributed by atoms with van der Waals surface area (Å²) in [7, 11) is 0. The lowest BCUT2D eigenvalue weighted by atomic mass is 10.9. The minimum absolute atomic E-state index is 0.947. The molecule has 0 aromatic heterocycles. The molecule has 0 saturated heterocycles. The lowest BCUT2D eigenvalue weighted by Crippen LogP contribution is -1.66. The molecule has 0 aliphatic rings. The summed E-state index contributed by atoms with van der Waals surface area (Å²) in [4.78, 5) is 0. The molecule has 0 aromatic rings. The predicted octanol–water partition coefficient (Wildman–Crippen LogP) is 1.55. The molecule has 0 saturated carbocycles. The smallest absolute Gasteiger partial charge is 0.151 e. The molecular formula is C2H3FI. The van der Waals surface area contributed by atoms with E-state index < -0.39 is 4.18 Å². The molecule has 0 aromatic carbocycles. The highest BCUT2D eigenvalue weighted by Crippen LogP contribution is 1.94. The average Bonchev–Trinajstić information content (AvgIpc) is 0.811. The quantitative estimate of drug-likeness (QED) is 0.385. The number of alkyl halides is 2. The van der Waals surface area contributed by atoms with Gasteiger partial charge in [0.25, 0.3) is 0 Å². The fourth-order valence-electron chi connectivity index (χ4n) is 0. The van der Waals surface area contributed by atoms with Crippen LogP contribution in [0.4, 0.5) is 4.39 Å². The zero-order chi connectivity index (χ0) is 3.58. The number of hydrogen-bond acceptors (Lipinski definition) is 0. The summed E-state index contributed by atoms with van der Waals surface area (Å²) in [5.41, 5.74) is 0. The fraction of sp³-hybridized carbons (Fsp3) is 0.500. The lowest BCUT2D eigenvalue weighted by molar-refractivity contribution is 0.537. The Kier molecular flexibility index (Phi) is 2.25. The maximum absolute atomic E-state index is 10.9. The van der Waals surface area contributed by atoms with Crippen LogP contribution in [0.2, 0.25) is 0 Å². The fourth-order valence-corrected chi connectivity index (χ4v) is 0. The van der Waals surface area contributed by atoms with Crippen molar-refractivity contribution in [3.63, 3.8) is 0 Å². The van der Waals surface area contributed by atoms with Gasteiger partial charge in [-0.1, -0.05) is 0 Å². The molecule has 25 valence electrons. The van der Waals surface area contributed by atoms with Gasteiger partial charge in [0.05, 0.1) is 0 Å². The Morgan fingerprint density at radius 2 is 2.00 bits per heavy atom. The topological polar surface area (TPSA) is 0 Å². The van der Waals surface area contributed by atoms with Crippen LogP contribution in [-0.4, -0.2) is 4.18 Å². The van der Waals surface area contributed by atoms with Crippen LogP contribution >= 0.6 is 22.6 Å². The van der Waals surface area contributed by atoms with Crippen molar-refractivity contribution in [2.75, 3.05) is 0 Å². The van der Waals surface area contributed by atoms with Gasteiger partial charge in [-0.3, -0.25) is 0 Å². The molecule has 0 heterocycles. The normalized spacial score (nSPS) is 15.8. The van der Waals surface area contributed by atoms with Crippen molar-refractivity contribution in [1.29, 1.82) is 0 Å². The van der Waals surface area contributed by atoms with Crippen LogP contribution in [0, 0.1) is 6.92 Å². The molecule has 0 bridgehead atoms. The van der Waals surface area contributed by atoms with Crippen LogP contribution in [0.3, 0.4) is 0 Å². The Hall–Kier alpha value is 0.660. The minimum Gasteiger partial charge on any atom is -0.236 e. The van der Waals surface area contributed by atoms with E-state index in [2.05, 4.69) is 6.92 Å². The van der Waals surface area contributed by atoms with E-state index in [1.807, 2.05) is 0 Å². The van der Waals surface area contributed by atoms with E-state index in [0.717, 1.165) is 0 Å². The first-order chi connectivity index (χ1) is 1.73. The SMILES string of the molecule is [CH2]C(F)I. The van der Waals surface area contributed by atoms with Crippen molar-refractivity contribution in [3.8, 4) is 0 Å². The van der Waals surface area contributed by atoms with Gasteiger partial charge < -0.3 is 0 Å². The monoisotopic (exact) mass is 173 g/mol. The summed E-state index contributed by atoms with van der Waals surface area (Å²) in [5, 5.41) is 0. The summed E-state index contributed by atoms with van der Waals surface area (Å²) in [6.45, 7) is 2.96. The van der Waals surface area contributed by atoms with E-state index >= 15 is 0 Å². The van der Waals surface area contributed by atoms with Gasteiger partial charge in [0, 0.05) is 0 Å². The second-order valence-electron chi connectivity index (χ2n) is 0.391. The number of halogens is 2. The van der Waals surface area contributed by atoms with Crippen molar-refractivity contribution in [3.05, 3.63) is 6.92 Å². The predicted molar refractivity (Wildman–Crippen MR) is 24.3 cm³/mol. The molecule has 0 spiro atoms. The Morgan fingerprint density at radius 1 is 2.00 bits per heavy atom. The Labute approximate surface area is 38.5 Å². The van der Waals surface area contributed by atoms with Crippen LogP contribution < -0.4 is 0 Å². The van der Waals surface area contributed by atoms with E-state index in [1.165, 1.54) is 0 Å². The molecule has 2 heteroatoms. The van der Waals surface area contributed by atoms with Gasteiger partial charge in [-0.2, -0.15) is 0 Å². The first-order valence-corrected chi connectivity index (χ1v) is 2.09. The summed E-state index contributed by atoms with van der Waals surface area (Å²) >= 11 is 1.57. The van der Waals surface area contributed by atoms with Crippen molar-refractivity contribution in [2.45, 2.75) is 4.18 Å². The van der Waals surface area contributed by atoms with Crippen LogP contribution in [-0.2, 0) is 0 Å². The third-order valence-electron chi connectivity index (χ3n) is 0. The van der Waals surface area contributed by atoms with E-state index in [1.54, 1.807) is 22.6 Å². The van der Waals surface area contributed by atoms with Gasteiger partial charge in [-0.15, -0.1) is 0 Å². The third kappa shape index (κ3) is 16.8. The summed E-state index contributed by atoms with van der Waals surface area (Å²) in [5.74, 6) is 0. The Bertz CT molecular complexity index is 10.8. The molecule has 4 heavy (non-hydrogen) atoms. The van der Waals surface area contributed by atoms with Gasteiger partial charge in [-0.05, 0) is 29.5 Å². The molecular weight excluding hydrogens is 170 g/mol. The van der Waals surface area contributed by atoms with E-state index in [-0.39, 0.29) is 0 Å². The van der Waals surface area contributed by atoms with E-state index in [4.69, 9.17) is 0 Å². The lowest BCUT2D eigenvalue weighted by Gasteiger charge is -1.71. The van der Waals surface area contributed by atoms with Crippen molar-refractivity contribution >= 4 is 22.6 Å². The van der Waals surface area contributed by atoms with Crippen molar-refractivity contribution in [2.24, 2.45) is 0 Å². The summed E-state index contributed by atoms with van der Waals surface area (Å²) in [6, 6.07) is 0. The highest BCUT2D eigenvalue weighted by Gasteiger charge is 1.77. The molecule has 1 atom stereocenters. The largest absolute Gasteiger partial charge is 0.236 e. The average molecular weight is 173 g/mol. The zero-order valence-corrected chi connectivity index (χ0v) is 4.20. The van der Waals surface area contributed by atoms with Gasteiger partial charge in [0.1, 0.15) is 0 Å². The second-order valence-corrected chi connectivity index (χ2v) is 1.74. The molecule has 0 nitrogen and oxygen atoms in total. The van der Waals surface area contributed by atoms with Crippen molar-refractivity contribution < 1.29 is 4.39 Å². The number of hydrogen-bond donors (Lipinski definition) is 0. The first-order valence-electron chi connectivity index (χ1n) is 0.845. The van der Waals surface area contributed by atoms with Gasteiger partial charge in [0.2, 0.25) is 0 Å². The molecule has 0 amide bonds. The van der Waals surface area contributed by atoms with Crippen LogP contribution in [0.1, 0.15) is 0 Å². The summed E-state index contributed by atoms with van der Waals surface area (Å²) in [6.07, 6.45) is 0. The molecule has 0 aliphatic heterocycles. The van der Waals surface area contributed by atoms with Crippen LogP contribution in [0.5, 0.6) is 0 Å².